The Morgan fingerprint density at radius 1 is 1.24 bits per heavy atom. The van der Waals surface area contributed by atoms with Crippen LogP contribution in [0.5, 0.6) is 0 Å². The number of fused-ring (bicyclic) bond motifs is 1. The summed E-state index contributed by atoms with van der Waals surface area (Å²) in [5, 5.41) is 12.6. The van der Waals surface area contributed by atoms with Crippen molar-refractivity contribution in [3.05, 3.63) is 48.5 Å². The van der Waals surface area contributed by atoms with E-state index in [9.17, 15) is 9.90 Å². The zero-order valence-electron chi connectivity index (χ0n) is 20.1. The van der Waals surface area contributed by atoms with Crippen molar-refractivity contribution in [2.75, 3.05) is 11.9 Å². The number of benzene rings is 1. The highest BCUT2D eigenvalue weighted by Gasteiger charge is 2.43. The topological polar surface area (TPSA) is 121 Å². The van der Waals surface area contributed by atoms with E-state index >= 15 is 0 Å². The van der Waals surface area contributed by atoms with Crippen molar-refractivity contribution in [1.82, 2.24) is 19.5 Å². The van der Waals surface area contributed by atoms with Gasteiger partial charge in [-0.25, -0.2) is 19.8 Å². The highest BCUT2D eigenvalue weighted by Crippen LogP contribution is 2.39. The van der Waals surface area contributed by atoms with Crippen LogP contribution in [0.2, 0.25) is 18.1 Å². The molecule has 34 heavy (non-hydrogen) atoms. The van der Waals surface area contributed by atoms with Gasteiger partial charge in [0, 0.05) is 12.0 Å². The molecule has 1 aliphatic heterocycles. The minimum Gasteiger partial charge on any atom is -0.394 e. The van der Waals surface area contributed by atoms with Gasteiger partial charge in [0.1, 0.15) is 24.8 Å². The van der Waals surface area contributed by atoms with Gasteiger partial charge in [-0.15, -0.1) is 0 Å². The van der Waals surface area contributed by atoms with Crippen LogP contribution >= 0.6 is 0 Å². The summed E-state index contributed by atoms with van der Waals surface area (Å²) in [4.78, 5) is 31.4. The van der Waals surface area contributed by atoms with Crippen molar-refractivity contribution in [1.29, 1.82) is 0 Å². The average Bonchev–Trinajstić information content (AvgIpc) is 3.42. The molecule has 2 N–H and O–H groups in total. The standard InChI is InChI=1S/C23H31N5O5Si/c1-23(2,3)34(4,5)33-32-16-11-18(31-17(16)12-29)28-14-26-19-20(24-13-25-21(19)28)27-22(30)15-9-7-6-8-10-15/h6-10,13-14,16-18,29H,11-12H2,1-5H3,(H,24,25,27,30)/t16?,17-,18-/m1/s1. The number of aromatic nitrogens is 4. The second-order valence-electron chi connectivity index (χ2n) is 9.89. The summed E-state index contributed by atoms with van der Waals surface area (Å²) in [6, 6.07) is 8.87. The summed E-state index contributed by atoms with van der Waals surface area (Å²) in [7, 11) is -2.14. The molecule has 3 aromatic rings. The number of rotatable bonds is 7. The molecular weight excluding hydrogens is 454 g/mol. The summed E-state index contributed by atoms with van der Waals surface area (Å²) in [5.74, 6) is 0.0206. The van der Waals surface area contributed by atoms with Gasteiger partial charge in [0.15, 0.2) is 17.0 Å². The van der Waals surface area contributed by atoms with E-state index in [1.165, 1.54) is 6.33 Å². The van der Waals surface area contributed by atoms with Gasteiger partial charge in [0.2, 0.25) is 8.32 Å². The lowest BCUT2D eigenvalue weighted by Gasteiger charge is -2.35. The quantitative estimate of drug-likeness (QED) is 0.295. The zero-order valence-corrected chi connectivity index (χ0v) is 21.1. The third kappa shape index (κ3) is 4.89. The van der Waals surface area contributed by atoms with Crippen LogP contribution in [-0.4, -0.2) is 57.7 Å². The number of imidazole rings is 1. The number of hydrogen-bond acceptors (Lipinski definition) is 8. The molecule has 1 fully saturated rings. The first-order valence-corrected chi connectivity index (χ1v) is 14.2. The molecule has 4 rings (SSSR count). The lowest BCUT2D eigenvalue weighted by Crippen LogP contribution is -2.43. The van der Waals surface area contributed by atoms with E-state index in [1.54, 1.807) is 35.2 Å². The first-order valence-electron chi connectivity index (χ1n) is 11.3. The Labute approximate surface area is 199 Å². The second-order valence-corrected chi connectivity index (χ2v) is 14.6. The van der Waals surface area contributed by atoms with E-state index in [2.05, 4.69) is 54.1 Å². The van der Waals surface area contributed by atoms with E-state index < -0.39 is 26.8 Å². The van der Waals surface area contributed by atoms with Crippen molar-refractivity contribution >= 4 is 31.2 Å². The predicted molar refractivity (Wildman–Crippen MR) is 128 cm³/mol. The van der Waals surface area contributed by atoms with Crippen LogP contribution in [0.15, 0.2) is 43.0 Å². The largest absolute Gasteiger partial charge is 0.394 e. The molecule has 0 aliphatic carbocycles. The molecule has 11 heteroatoms. The lowest BCUT2D eigenvalue weighted by atomic mass is 10.2. The van der Waals surface area contributed by atoms with Crippen molar-refractivity contribution in [2.45, 2.75) is 63.8 Å². The first kappa shape index (κ1) is 24.4. The molecule has 182 valence electrons. The number of nitrogens with zero attached hydrogens (tertiary/aromatic N) is 4. The Morgan fingerprint density at radius 3 is 2.65 bits per heavy atom. The molecule has 2 aromatic heterocycles. The van der Waals surface area contributed by atoms with Crippen LogP contribution in [0, 0.1) is 0 Å². The number of hydrogen-bond donors (Lipinski definition) is 2. The molecule has 1 unspecified atom stereocenters. The molecule has 10 nitrogen and oxygen atoms in total. The van der Waals surface area contributed by atoms with Crippen molar-refractivity contribution < 1.29 is 24.1 Å². The van der Waals surface area contributed by atoms with Gasteiger partial charge in [0.25, 0.3) is 5.91 Å². The van der Waals surface area contributed by atoms with Gasteiger partial charge < -0.3 is 15.2 Å². The third-order valence-electron chi connectivity index (χ3n) is 6.48. The molecule has 0 spiro atoms. The van der Waals surface area contributed by atoms with Crippen molar-refractivity contribution in [2.24, 2.45) is 0 Å². The van der Waals surface area contributed by atoms with Gasteiger partial charge in [-0.3, -0.25) is 13.9 Å². The summed E-state index contributed by atoms with van der Waals surface area (Å²) >= 11 is 0. The first-order chi connectivity index (χ1) is 16.1. The number of amides is 1. The van der Waals surface area contributed by atoms with Gasteiger partial charge in [-0.1, -0.05) is 39.0 Å². The van der Waals surface area contributed by atoms with E-state index in [1.807, 2.05) is 6.07 Å². The Kier molecular flexibility index (Phi) is 6.83. The van der Waals surface area contributed by atoms with Crippen LogP contribution in [0.4, 0.5) is 5.82 Å². The van der Waals surface area contributed by atoms with E-state index in [4.69, 9.17) is 14.2 Å². The molecule has 0 bridgehead atoms. The number of anilines is 1. The molecule has 3 atom stereocenters. The van der Waals surface area contributed by atoms with Crippen LogP contribution in [0.1, 0.15) is 43.8 Å². The monoisotopic (exact) mass is 485 g/mol. The number of aliphatic hydroxyl groups excluding tert-OH is 1. The molecule has 1 aliphatic rings. The van der Waals surface area contributed by atoms with Gasteiger partial charge in [0.05, 0.1) is 12.9 Å². The maximum atomic E-state index is 12.6. The van der Waals surface area contributed by atoms with Crippen LogP contribution in [-0.2, 0) is 14.2 Å². The number of carbonyl (C=O) groups is 1. The molecule has 1 saturated heterocycles. The molecule has 1 amide bonds. The van der Waals surface area contributed by atoms with E-state index in [-0.39, 0.29) is 17.6 Å². The summed E-state index contributed by atoms with van der Waals surface area (Å²) in [6.07, 6.45) is 1.94. The predicted octanol–water partition coefficient (Wildman–Crippen LogP) is 3.68. The lowest BCUT2D eigenvalue weighted by molar-refractivity contribution is -0.268. The van der Waals surface area contributed by atoms with Crippen LogP contribution in [0.3, 0.4) is 0 Å². The average molecular weight is 486 g/mol. The maximum Gasteiger partial charge on any atom is 0.256 e. The second kappa shape index (κ2) is 9.51. The highest BCUT2D eigenvalue weighted by atomic mass is 28.4. The number of nitrogens with one attached hydrogen (secondary N) is 1. The minimum absolute atomic E-state index is 0.0152. The van der Waals surface area contributed by atoms with E-state index in [0.29, 0.717) is 29.0 Å². The SMILES string of the molecule is CC(C)(C)[Si](C)(C)OOC1C[C@H](n2cnc3c(NC(=O)c4ccccc4)ncnc32)O[C@@H]1CO. The normalized spacial score (nSPS) is 21.2. The third-order valence-corrected chi connectivity index (χ3v) is 10.6. The molecule has 1 aromatic carbocycles. The smallest absolute Gasteiger partial charge is 0.256 e. The summed E-state index contributed by atoms with van der Waals surface area (Å²) < 4.78 is 13.7. The van der Waals surface area contributed by atoms with Gasteiger partial charge in [-0.05, 0) is 30.3 Å². The molecular formula is C23H31N5O5Si. The highest BCUT2D eigenvalue weighted by molar-refractivity contribution is 6.73. The fourth-order valence-corrected chi connectivity index (χ4v) is 3.98. The minimum atomic E-state index is -2.14. The molecule has 3 heterocycles. The fourth-order valence-electron chi connectivity index (χ4n) is 3.37. The number of aliphatic hydroxyl groups is 1. The Bertz CT molecular complexity index is 1150. The number of carbonyl (C=O) groups excluding carboxylic acids is 1. The van der Waals surface area contributed by atoms with E-state index in [0.717, 1.165) is 0 Å². The Balaban J connectivity index is 1.52. The molecule has 0 radical (unpaired) electrons. The Morgan fingerprint density at radius 2 is 1.97 bits per heavy atom. The van der Waals surface area contributed by atoms with Gasteiger partial charge >= 0.3 is 0 Å². The summed E-state index contributed by atoms with van der Waals surface area (Å²) in [5.41, 5.74) is 1.46. The van der Waals surface area contributed by atoms with Crippen molar-refractivity contribution in [3.8, 4) is 0 Å². The maximum absolute atomic E-state index is 12.6. The summed E-state index contributed by atoms with van der Waals surface area (Å²) in [6.45, 7) is 10.4. The van der Waals surface area contributed by atoms with Crippen LogP contribution < -0.4 is 5.32 Å². The van der Waals surface area contributed by atoms with Crippen LogP contribution in [0.25, 0.3) is 11.2 Å². The fraction of sp³-hybridized carbons (Fsp3) is 0.478. The van der Waals surface area contributed by atoms with Gasteiger partial charge in [-0.2, -0.15) is 0 Å². The van der Waals surface area contributed by atoms with Crippen molar-refractivity contribution in [3.63, 3.8) is 0 Å². The Hall–Kier alpha value is -2.70. The number of ether oxygens (including phenoxy) is 1. The molecule has 0 saturated carbocycles. The zero-order chi connectivity index (χ0) is 24.5.